The van der Waals surface area contributed by atoms with Gasteiger partial charge >= 0.3 is 6.03 Å². The molecule has 6 nitrogen and oxygen atoms in total. The second-order valence-corrected chi connectivity index (χ2v) is 8.12. The molecule has 3 aromatic rings. The van der Waals surface area contributed by atoms with Crippen molar-refractivity contribution in [3.63, 3.8) is 0 Å². The average Bonchev–Trinajstić information content (AvgIpc) is 2.97. The Hall–Kier alpha value is -3.67. The summed E-state index contributed by atoms with van der Waals surface area (Å²) in [5.41, 5.74) is 1.41. The van der Waals surface area contributed by atoms with Crippen molar-refractivity contribution in [1.29, 1.82) is 0 Å². The summed E-state index contributed by atoms with van der Waals surface area (Å²) in [7, 11) is 0. The molecule has 158 valence electrons. The van der Waals surface area contributed by atoms with E-state index in [1.807, 2.05) is 80.6 Å². The summed E-state index contributed by atoms with van der Waals surface area (Å²) in [5, 5.41) is 7.82. The fourth-order valence-corrected chi connectivity index (χ4v) is 4.29. The largest absolute Gasteiger partial charge is 0.348 e. The van der Waals surface area contributed by atoms with Gasteiger partial charge in [0.25, 0.3) is 5.91 Å². The average molecular weight is 415 g/mol. The summed E-state index contributed by atoms with van der Waals surface area (Å²) in [6, 6.07) is 20.5. The molecule has 1 saturated heterocycles. The summed E-state index contributed by atoms with van der Waals surface area (Å²) >= 11 is 0. The minimum absolute atomic E-state index is 0.276. The Bertz CT molecular complexity index is 1180. The van der Waals surface area contributed by atoms with E-state index >= 15 is 0 Å². The number of fused-ring (bicyclic) bond motifs is 1. The van der Waals surface area contributed by atoms with Gasteiger partial charge in [-0.25, -0.2) is 4.79 Å². The van der Waals surface area contributed by atoms with Gasteiger partial charge in [-0.3, -0.25) is 14.5 Å². The first-order chi connectivity index (χ1) is 14.8. The van der Waals surface area contributed by atoms with Crippen LogP contribution in [0.5, 0.6) is 0 Å². The van der Waals surface area contributed by atoms with Crippen molar-refractivity contribution < 1.29 is 14.4 Å². The number of amides is 4. The molecule has 0 saturated carbocycles. The number of aryl methyl sites for hydroxylation is 1. The second kappa shape index (κ2) is 7.87. The molecular weight excluding hydrogens is 390 g/mol. The smallest absolute Gasteiger partial charge is 0.325 e. The summed E-state index contributed by atoms with van der Waals surface area (Å²) in [4.78, 5) is 39.4. The minimum Gasteiger partial charge on any atom is -0.348 e. The third-order valence-electron chi connectivity index (χ3n) is 5.93. The van der Waals surface area contributed by atoms with E-state index in [9.17, 15) is 14.4 Å². The molecule has 31 heavy (non-hydrogen) atoms. The number of urea groups is 1. The van der Waals surface area contributed by atoms with Gasteiger partial charge < -0.3 is 10.6 Å². The fourth-order valence-electron chi connectivity index (χ4n) is 4.29. The van der Waals surface area contributed by atoms with Crippen molar-refractivity contribution >= 4 is 28.6 Å². The predicted octanol–water partition coefficient (Wildman–Crippen LogP) is 3.79. The van der Waals surface area contributed by atoms with Gasteiger partial charge in [0.1, 0.15) is 12.1 Å². The molecule has 0 aliphatic carbocycles. The molecule has 3 aromatic carbocycles. The first kappa shape index (κ1) is 20.6. The van der Waals surface area contributed by atoms with Gasteiger partial charge in [0.15, 0.2) is 0 Å². The van der Waals surface area contributed by atoms with E-state index in [0.29, 0.717) is 0 Å². The number of hydrogen-bond acceptors (Lipinski definition) is 3. The van der Waals surface area contributed by atoms with Crippen LogP contribution in [0.25, 0.3) is 10.8 Å². The van der Waals surface area contributed by atoms with E-state index in [4.69, 9.17) is 0 Å². The highest BCUT2D eigenvalue weighted by atomic mass is 16.2. The van der Waals surface area contributed by atoms with Crippen molar-refractivity contribution in [2.24, 2.45) is 0 Å². The lowest BCUT2D eigenvalue weighted by molar-refractivity contribution is -0.135. The van der Waals surface area contributed by atoms with Gasteiger partial charge in [0.2, 0.25) is 5.91 Å². The van der Waals surface area contributed by atoms with Gasteiger partial charge in [-0.2, -0.15) is 0 Å². The third-order valence-corrected chi connectivity index (χ3v) is 5.93. The highest BCUT2D eigenvalue weighted by Gasteiger charge is 2.50. The second-order valence-electron chi connectivity index (χ2n) is 8.12. The van der Waals surface area contributed by atoms with Crippen LogP contribution < -0.4 is 10.6 Å². The Balaban J connectivity index is 1.50. The van der Waals surface area contributed by atoms with E-state index in [2.05, 4.69) is 10.6 Å². The maximum atomic E-state index is 13.1. The van der Waals surface area contributed by atoms with Gasteiger partial charge in [0.05, 0.1) is 6.04 Å². The van der Waals surface area contributed by atoms with Gasteiger partial charge in [-0.1, -0.05) is 66.7 Å². The SMILES string of the molecule is Cc1ccccc1C1(C)NC(=O)N(CC(=O)NC(C)c2cccc3ccccc23)C1=O. The number of nitrogens with zero attached hydrogens (tertiary/aromatic N) is 1. The summed E-state index contributed by atoms with van der Waals surface area (Å²) in [5.74, 6) is -0.822. The molecule has 0 aromatic heterocycles. The highest BCUT2D eigenvalue weighted by Crippen LogP contribution is 2.31. The predicted molar refractivity (Wildman–Crippen MR) is 119 cm³/mol. The Morgan fingerprint density at radius 1 is 1.03 bits per heavy atom. The molecule has 0 bridgehead atoms. The lowest BCUT2D eigenvalue weighted by atomic mass is 9.88. The molecule has 6 heteroatoms. The zero-order valence-electron chi connectivity index (χ0n) is 17.8. The minimum atomic E-state index is -1.19. The monoisotopic (exact) mass is 415 g/mol. The zero-order chi connectivity index (χ0) is 22.2. The van der Waals surface area contributed by atoms with Crippen LogP contribution >= 0.6 is 0 Å². The van der Waals surface area contributed by atoms with E-state index < -0.39 is 23.4 Å². The van der Waals surface area contributed by atoms with E-state index in [0.717, 1.165) is 32.4 Å². The van der Waals surface area contributed by atoms with Crippen molar-refractivity contribution in [3.8, 4) is 0 Å². The quantitative estimate of drug-likeness (QED) is 0.623. The number of carbonyl (C=O) groups is 3. The topological polar surface area (TPSA) is 78.5 Å². The maximum Gasteiger partial charge on any atom is 0.325 e. The normalized spacial score (nSPS) is 19.4. The van der Waals surface area contributed by atoms with Crippen molar-refractivity contribution in [2.75, 3.05) is 6.54 Å². The van der Waals surface area contributed by atoms with Crippen LogP contribution in [0.2, 0.25) is 0 Å². The van der Waals surface area contributed by atoms with Crippen LogP contribution in [0, 0.1) is 6.92 Å². The molecule has 0 spiro atoms. The summed E-state index contributed by atoms with van der Waals surface area (Å²) in [6.45, 7) is 5.12. The zero-order valence-corrected chi connectivity index (χ0v) is 17.8. The first-order valence-electron chi connectivity index (χ1n) is 10.3. The van der Waals surface area contributed by atoms with Crippen LogP contribution in [0.3, 0.4) is 0 Å². The van der Waals surface area contributed by atoms with E-state index in [1.54, 1.807) is 6.92 Å². The molecule has 4 amide bonds. The molecule has 2 atom stereocenters. The van der Waals surface area contributed by atoms with Crippen molar-refractivity contribution in [3.05, 3.63) is 83.4 Å². The number of hydrogen-bond donors (Lipinski definition) is 2. The lowest BCUT2D eigenvalue weighted by Crippen LogP contribution is -2.44. The first-order valence-corrected chi connectivity index (χ1v) is 10.3. The molecule has 1 heterocycles. The van der Waals surface area contributed by atoms with Gasteiger partial charge in [-0.15, -0.1) is 0 Å². The summed E-state index contributed by atoms with van der Waals surface area (Å²) < 4.78 is 0. The van der Waals surface area contributed by atoms with Crippen LogP contribution in [-0.2, 0) is 15.1 Å². The molecule has 1 fully saturated rings. The fraction of sp³-hybridized carbons (Fsp3) is 0.240. The van der Waals surface area contributed by atoms with Crippen LogP contribution in [0.4, 0.5) is 4.79 Å². The molecule has 1 aliphatic heterocycles. The number of nitrogens with one attached hydrogen (secondary N) is 2. The van der Waals surface area contributed by atoms with Gasteiger partial charge in [-0.05, 0) is 48.2 Å². The number of imide groups is 1. The van der Waals surface area contributed by atoms with Crippen LogP contribution in [0.15, 0.2) is 66.7 Å². The Labute approximate surface area is 181 Å². The molecule has 4 rings (SSSR count). The number of carbonyl (C=O) groups excluding carboxylic acids is 3. The number of rotatable bonds is 5. The Kier molecular flexibility index (Phi) is 5.23. The van der Waals surface area contributed by atoms with Crippen molar-refractivity contribution in [1.82, 2.24) is 15.5 Å². The lowest BCUT2D eigenvalue weighted by Gasteiger charge is -2.24. The van der Waals surface area contributed by atoms with E-state index in [-0.39, 0.29) is 12.6 Å². The standard InChI is InChI=1S/C25H25N3O3/c1-16-9-4-7-14-21(16)25(3)23(30)28(24(31)27-25)15-22(29)26-17(2)19-13-8-11-18-10-5-6-12-20(18)19/h4-14,17H,15H2,1-3H3,(H,26,29)(H,27,31). The van der Waals surface area contributed by atoms with Gasteiger partial charge in [0, 0.05) is 0 Å². The maximum absolute atomic E-state index is 13.1. The number of benzene rings is 3. The molecule has 2 N–H and O–H groups in total. The highest BCUT2D eigenvalue weighted by molar-refractivity contribution is 6.09. The molecule has 0 radical (unpaired) electrons. The summed E-state index contributed by atoms with van der Waals surface area (Å²) in [6.07, 6.45) is 0. The Morgan fingerprint density at radius 3 is 2.48 bits per heavy atom. The van der Waals surface area contributed by atoms with Crippen LogP contribution in [0.1, 0.15) is 36.6 Å². The molecular formula is C25H25N3O3. The van der Waals surface area contributed by atoms with E-state index in [1.165, 1.54) is 0 Å². The van der Waals surface area contributed by atoms with Crippen molar-refractivity contribution in [2.45, 2.75) is 32.4 Å². The Morgan fingerprint density at radius 2 is 1.71 bits per heavy atom. The third kappa shape index (κ3) is 3.65. The van der Waals surface area contributed by atoms with Crippen LogP contribution in [-0.4, -0.2) is 29.3 Å². The molecule has 1 aliphatic rings. The molecule has 2 unspecified atom stereocenters.